The number of thioether (sulfide) groups is 1. The summed E-state index contributed by atoms with van der Waals surface area (Å²) in [5, 5.41) is 3.50. The summed E-state index contributed by atoms with van der Waals surface area (Å²) < 4.78 is 23.3. The highest BCUT2D eigenvalue weighted by atomic mass is 32.2. The Kier molecular flexibility index (Phi) is 6.25. The maximum atomic E-state index is 12.7. The normalized spacial score (nSPS) is 17.2. The van der Waals surface area contributed by atoms with Crippen LogP contribution >= 0.6 is 19.4 Å². The van der Waals surface area contributed by atoms with E-state index in [-0.39, 0.29) is 18.1 Å². The number of hydrogen-bond acceptors (Lipinski definition) is 6. The van der Waals surface area contributed by atoms with Gasteiger partial charge in [-0.25, -0.2) is 4.99 Å². The van der Waals surface area contributed by atoms with Crippen LogP contribution in [0.3, 0.4) is 0 Å². The zero-order valence-corrected chi connectivity index (χ0v) is 18.5. The van der Waals surface area contributed by atoms with Crippen molar-refractivity contribution in [2.45, 2.75) is 26.1 Å². The van der Waals surface area contributed by atoms with Crippen LogP contribution in [0.15, 0.2) is 58.4 Å². The largest absolute Gasteiger partial charge is 0.335 e. The third-order valence-electron chi connectivity index (χ3n) is 4.78. The van der Waals surface area contributed by atoms with Gasteiger partial charge in [0.15, 0.2) is 5.17 Å². The van der Waals surface area contributed by atoms with Gasteiger partial charge in [-0.2, -0.15) is 0 Å². The van der Waals surface area contributed by atoms with E-state index in [9.17, 15) is 9.36 Å². The predicted octanol–water partition coefficient (Wildman–Crippen LogP) is 5.38. The molecule has 1 N–H and O–H groups in total. The number of carbonyl (C=O) groups is 1. The Hall–Kier alpha value is -2.18. The van der Waals surface area contributed by atoms with Gasteiger partial charge in [0, 0.05) is 10.5 Å². The summed E-state index contributed by atoms with van der Waals surface area (Å²) >= 11 is 1.49. The monoisotopic (exact) mass is 442 g/mol. The molecule has 1 amide bonds. The second-order valence-corrected chi connectivity index (χ2v) is 9.99. The summed E-state index contributed by atoms with van der Waals surface area (Å²) in [6, 6.07) is 15.1. The number of hydrogen-bond donors (Lipinski definition) is 1. The summed E-state index contributed by atoms with van der Waals surface area (Å²) in [6.07, 6.45) is 2.30. The highest BCUT2D eigenvalue weighted by Crippen LogP contribution is 2.51. The molecule has 1 aliphatic heterocycles. The number of aliphatic imine (C=N–C) groups is 1. The van der Waals surface area contributed by atoms with Crippen molar-refractivity contribution in [3.8, 4) is 0 Å². The van der Waals surface area contributed by atoms with Crippen LogP contribution in [-0.2, 0) is 19.8 Å². The lowest BCUT2D eigenvalue weighted by Gasteiger charge is -2.17. The molecule has 0 saturated carbocycles. The molecule has 156 valence electrons. The summed E-state index contributed by atoms with van der Waals surface area (Å²) in [5.41, 5.74) is 3.66. The van der Waals surface area contributed by atoms with Gasteiger partial charge in [0.05, 0.1) is 19.4 Å². The zero-order chi connectivity index (χ0) is 21.1. The van der Waals surface area contributed by atoms with Crippen LogP contribution in [0.2, 0.25) is 0 Å². The van der Waals surface area contributed by atoms with Crippen molar-refractivity contribution in [2.75, 3.05) is 13.2 Å². The third kappa shape index (κ3) is 4.44. The van der Waals surface area contributed by atoms with E-state index in [1.165, 1.54) is 22.9 Å². The average molecular weight is 442 g/mol. The molecule has 8 heteroatoms. The first-order chi connectivity index (χ1) is 14.5. The Morgan fingerprint density at radius 1 is 1.10 bits per heavy atom. The fraction of sp³-hybridized carbons (Fsp3) is 0.273. The summed E-state index contributed by atoms with van der Waals surface area (Å²) in [4.78, 5) is 18.4. The van der Waals surface area contributed by atoms with E-state index in [1.807, 2.05) is 12.1 Å². The van der Waals surface area contributed by atoms with Gasteiger partial charge < -0.3 is 14.4 Å². The summed E-state index contributed by atoms with van der Waals surface area (Å²) in [7, 11) is -3.17. The SMILES string of the molecule is CCOP(=O)(Cc1ccc(C(=O)NC2=NC3C(=Cc4ccccc43)S2)cc1)OCC. The Bertz CT molecular complexity index is 1060. The number of carbonyl (C=O) groups excluding carboxylic acids is 1. The summed E-state index contributed by atoms with van der Waals surface area (Å²) in [6.45, 7) is 4.20. The van der Waals surface area contributed by atoms with E-state index in [1.54, 1.807) is 38.1 Å². The lowest BCUT2D eigenvalue weighted by atomic mass is 10.1. The van der Waals surface area contributed by atoms with Crippen LogP contribution < -0.4 is 5.32 Å². The molecule has 2 aromatic rings. The Labute approximate surface area is 180 Å². The number of amides is 1. The first kappa shape index (κ1) is 21.1. The van der Waals surface area contributed by atoms with E-state index >= 15 is 0 Å². The minimum Gasteiger partial charge on any atom is -0.309 e. The molecule has 0 fully saturated rings. The second-order valence-electron chi connectivity index (χ2n) is 6.87. The Morgan fingerprint density at radius 2 is 1.80 bits per heavy atom. The van der Waals surface area contributed by atoms with Crippen molar-refractivity contribution >= 4 is 36.5 Å². The van der Waals surface area contributed by atoms with Crippen LogP contribution in [0, 0.1) is 0 Å². The molecule has 6 nitrogen and oxygen atoms in total. The molecule has 1 unspecified atom stereocenters. The van der Waals surface area contributed by atoms with Gasteiger partial charge in [-0.1, -0.05) is 48.2 Å². The van der Waals surface area contributed by atoms with Crippen molar-refractivity contribution in [3.05, 3.63) is 75.7 Å². The minimum atomic E-state index is -3.17. The van der Waals surface area contributed by atoms with E-state index in [4.69, 9.17) is 9.05 Å². The average Bonchev–Trinajstić information content (AvgIpc) is 3.26. The van der Waals surface area contributed by atoms with Gasteiger partial charge in [-0.3, -0.25) is 9.36 Å². The van der Waals surface area contributed by atoms with Gasteiger partial charge in [0.25, 0.3) is 5.91 Å². The van der Waals surface area contributed by atoms with Crippen molar-refractivity contribution in [2.24, 2.45) is 4.99 Å². The van der Waals surface area contributed by atoms with Gasteiger partial charge in [0.2, 0.25) is 0 Å². The van der Waals surface area contributed by atoms with Crippen molar-refractivity contribution in [3.63, 3.8) is 0 Å². The molecule has 2 aliphatic rings. The van der Waals surface area contributed by atoms with Crippen molar-refractivity contribution in [1.82, 2.24) is 5.32 Å². The van der Waals surface area contributed by atoms with Crippen LogP contribution in [0.4, 0.5) is 0 Å². The topological polar surface area (TPSA) is 77.0 Å². The molecule has 2 aromatic carbocycles. The molecule has 1 atom stereocenters. The molecule has 0 bridgehead atoms. The van der Waals surface area contributed by atoms with E-state index in [0.29, 0.717) is 23.9 Å². The number of nitrogens with one attached hydrogen (secondary N) is 1. The molecule has 4 rings (SSSR count). The number of benzene rings is 2. The van der Waals surface area contributed by atoms with Gasteiger partial charge in [0.1, 0.15) is 6.04 Å². The molecular weight excluding hydrogens is 419 g/mol. The fourth-order valence-corrected chi connectivity index (χ4v) is 6.19. The van der Waals surface area contributed by atoms with E-state index in [0.717, 1.165) is 10.5 Å². The van der Waals surface area contributed by atoms with Gasteiger partial charge >= 0.3 is 7.60 Å². The van der Waals surface area contributed by atoms with Crippen molar-refractivity contribution in [1.29, 1.82) is 0 Å². The number of amidine groups is 1. The standard InChI is InChI=1S/C22H23N2O4PS/c1-3-27-29(26,28-4-2)14-15-9-11-16(12-10-15)21(25)24-22-23-20-18-8-6-5-7-17(18)13-19(20)30-22/h5-13,20H,3-4,14H2,1-2H3,(H,23,24,25). The molecule has 0 spiro atoms. The van der Waals surface area contributed by atoms with E-state index < -0.39 is 7.60 Å². The van der Waals surface area contributed by atoms with Gasteiger partial charge in [-0.05, 0) is 48.7 Å². The first-order valence-corrected chi connectivity index (χ1v) is 12.4. The minimum absolute atomic E-state index is 0.0184. The molecule has 0 radical (unpaired) electrons. The molecule has 0 aromatic heterocycles. The molecule has 1 aliphatic carbocycles. The van der Waals surface area contributed by atoms with Crippen LogP contribution in [-0.4, -0.2) is 24.3 Å². The van der Waals surface area contributed by atoms with Crippen LogP contribution in [0.1, 0.15) is 46.9 Å². The number of nitrogens with zero attached hydrogens (tertiary/aromatic N) is 1. The quantitative estimate of drug-likeness (QED) is 0.583. The molecule has 0 saturated heterocycles. The highest BCUT2D eigenvalue weighted by molar-refractivity contribution is 8.17. The number of fused-ring (bicyclic) bond motifs is 3. The smallest absolute Gasteiger partial charge is 0.309 e. The summed E-state index contributed by atoms with van der Waals surface area (Å²) in [5.74, 6) is -0.223. The Morgan fingerprint density at radius 3 is 2.50 bits per heavy atom. The third-order valence-corrected chi connectivity index (χ3v) is 7.82. The predicted molar refractivity (Wildman–Crippen MR) is 121 cm³/mol. The maximum absolute atomic E-state index is 12.7. The Balaban J connectivity index is 1.41. The first-order valence-electron chi connectivity index (χ1n) is 9.86. The molecule has 30 heavy (non-hydrogen) atoms. The van der Waals surface area contributed by atoms with E-state index in [2.05, 4.69) is 28.5 Å². The lowest BCUT2D eigenvalue weighted by molar-refractivity contribution is 0.0978. The zero-order valence-electron chi connectivity index (χ0n) is 16.8. The van der Waals surface area contributed by atoms with Crippen LogP contribution in [0.5, 0.6) is 0 Å². The van der Waals surface area contributed by atoms with Crippen molar-refractivity contribution < 1.29 is 18.4 Å². The second kappa shape index (κ2) is 8.90. The lowest BCUT2D eigenvalue weighted by Crippen LogP contribution is -2.27. The number of rotatable bonds is 7. The maximum Gasteiger partial charge on any atom is 0.335 e. The fourth-order valence-electron chi connectivity index (χ4n) is 3.48. The van der Waals surface area contributed by atoms with Crippen LogP contribution in [0.25, 0.3) is 6.08 Å². The van der Waals surface area contributed by atoms with Gasteiger partial charge in [-0.15, -0.1) is 0 Å². The molecule has 1 heterocycles. The molecular formula is C22H23N2O4PS. The highest BCUT2D eigenvalue weighted by Gasteiger charge is 2.32.